The summed E-state index contributed by atoms with van der Waals surface area (Å²) in [4.78, 5) is 13.4. The molecule has 0 radical (unpaired) electrons. The summed E-state index contributed by atoms with van der Waals surface area (Å²) >= 11 is 0. The number of rotatable bonds is 0. The molecule has 0 aromatic carbocycles. The number of ketones is 1. The summed E-state index contributed by atoms with van der Waals surface area (Å²) in [5, 5.41) is 21.8. The summed E-state index contributed by atoms with van der Waals surface area (Å²) in [5.74, 6) is 2.20. The Balaban J connectivity index is 1.30. The first-order valence-electron chi connectivity index (χ1n) is 13.3. The third-order valence-corrected chi connectivity index (χ3v) is 11.9. The molecule has 0 aromatic heterocycles. The van der Waals surface area contributed by atoms with Crippen LogP contribution in [0.15, 0.2) is 0 Å². The van der Waals surface area contributed by atoms with Crippen molar-refractivity contribution in [2.75, 3.05) is 6.61 Å². The highest BCUT2D eigenvalue weighted by atomic mass is 16.7. The van der Waals surface area contributed by atoms with E-state index in [4.69, 9.17) is 9.47 Å². The zero-order valence-electron chi connectivity index (χ0n) is 20.3. The number of Topliss-reactive ketones (excluding diaryl/α,β-unsaturated/α-hetero) is 1. The molecule has 2 N–H and O–H groups in total. The van der Waals surface area contributed by atoms with Gasteiger partial charge in [-0.25, -0.2) is 0 Å². The summed E-state index contributed by atoms with van der Waals surface area (Å²) in [7, 11) is 0. The van der Waals surface area contributed by atoms with Gasteiger partial charge in [0.1, 0.15) is 5.60 Å². The summed E-state index contributed by atoms with van der Waals surface area (Å²) in [6.45, 7) is 10.0. The minimum absolute atomic E-state index is 0.0173. The molecule has 0 unspecified atom stereocenters. The predicted molar refractivity (Wildman–Crippen MR) is 120 cm³/mol. The van der Waals surface area contributed by atoms with E-state index in [0.717, 1.165) is 38.7 Å². The van der Waals surface area contributed by atoms with E-state index in [9.17, 15) is 15.0 Å². The van der Waals surface area contributed by atoms with Gasteiger partial charge in [-0.05, 0) is 73.5 Å². The maximum atomic E-state index is 13.4. The fourth-order valence-electron chi connectivity index (χ4n) is 10.0. The third kappa shape index (κ3) is 2.58. The second-order valence-corrected chi connectivity index (χ2v) is 13.2. The first-order chi connectivity index (χ1) is 15.0. The zero-order valence-corrected chi connectivity index (χ0v) is 20.3. The highest BCUT2D eigenvalue weighted by Crippen LogP contribution is 2.71. The molecule has 1 spiro atoms. The fourth-order valence-corrected chi connectivity index (χ4v) is 10.0. The summed E-state index contributed by atoms with van der Waals surface area (Å²) in [6.07, 6.45) is 7.21. The molecular weight excluding hydrogens is 404 g/mol. The van der Waals surface area contributed by atoms with Gasteiger partial charge in [-0.1, -0.05) is 27.7 Å². The van der Waals surface area contributed by atoms with Gasteiger partial charge in [0.05, 0.1) is 18.8 Å². The van der Waals surface area contributed by atoms with E-state index in [0.29, 0.717) is 48.3 Å². The van der Waals surface area contributed by atoms with Crippen LogP contribution in [0.2, 0.25) is 0 Å². The molecule has 32 heavy (non-hydrogen) atoms. The van der Waals surface area contributed by atoms with E-state index in [-0.39, 0.29) is 23.7 Å². The van der Waals surface area contributed by atoms with Crippen LogP contribution in [0, 0.1) is 46.3 Å². The van der Waals surface area contributed by atoms with Crippen molar-refractivity contribution in [2.24, 2.45) is 46.3 Å². The number of carbonyl (C=O) groups is 1. The fraction of sp³-hybridized carbons (Fsp3) is 0.963. The quantitative estimate of drug-likeness (QED) is 0.586. The molecule has 12 atom stereocenters. The lowest BCUT2D eigenvalue weighted by molar-refractivity contribution is -0.273. The van der Waals surface area contributed by atoms with Crippen LogP contribution in [0.25, 0.3) is 0 Å². The lowest BCUT2D eigenvalue weighted by Crippen LogP contribution is -2.67. The predicted octanol–water partition coefficient (Wildman–Crippen LogP) is 4.09. The van der Waals surface area contributed by atoms with Gasteiger partial charge in [0, 0.05) is 30.6 Å². The molecule has 6 fully saturated rings. The minimum atomic E-state index is -1.35. The van der Waals surface area contributed by atoms with Gasteiger partial charge < -0.3 is 19.7 Å². The Morgan fingerprint density at radius 1 is 1.03 bits per heavy atom. The second-order valence-electron chi connectivity index (χ2n) is 13.2. The Morgan fingerprint density at radius 3 is 2.53 bits per heavy atom. The minimum Gasteiger partial charge on any atom is -0.393 e. The Hall–Kier alpha value is -0.490. The largest absolute Gasteiger partial charge is 0.393 e. The lowest BCUT2D eigenvalue weighted by atomic mass is 9.42. The molecule has 180 valence electrons. The first kappa shape index (κ1) is 22.0. The zero-order chi connectivity index (χ0) is 22.7. The molecule has 4 saturated carbocycles. The number of carbonyl (C=O) groups excluding carboxylic acids is 1. The third-order valence-electron chi connectivity index (χ3n) is 11.9. The SMILES string of the molecule is C[C@@H]1CC[C@@]2(OC1)O[C@H]1C[C@H]3[C@@H]4CC(=O)[C@]5(O)C[C@H](O)CC[C@]5(C)[C@H]4CC[C@]3(C)[C@H]1[C@@H]2C. The van der Waals surface area contributed by atoms with Crippen molar-refractivity contribution in [3.63, 3.8) is 0 Å². The number of hydrogen-bond acceptors (Lipinski definition) is 5. The molecular formula is C27H42O5. The van der Waals surface area contributed by atoms with E-state index >= 15 is 0 Å². The van der Waals surface area contributed by atoms with Crippen LogP contribution in [-0.2, 0) is 14.3 Å². The Morgan fingerprint density at radius 2 is 1.81 bits per heavy atom. The van der Waals surface area contributed by atoms with Crippen molar-refractivity contribution in [2.45, 2.75) is 109 Å². The van der Waals surface area contributed by atoms with Gasteiger partial charge in [0.25, 0.3) is 0 Å². The molecule has 6 aliphatic rings. The van der Waals surface area contributed by atoms with E-state index in [1.807, 2.05) is 0 Å². The lowest BCUT2D eigenvalue weighted by Gasteiger charge is -2.63. The molecule has 0 bridgehead atoms. The second kappa shape index (κ2) is 6.80. The van der Waals surface area contributed by atoms with Gasteiger partial charge in [-0.15, -0.1) is 0 Å². The van der Waals surface area contributed by atoms with Crippen molar-refractivity contribution >= 4 is 5.78 Å². The summed E-state index contributed by atoms with van der Waals surface area (Å²) < 4.78 is 13.2. The molecule has 2 aliphatic heterocycles. The van der Waals surface area contributed by atoms with Crippen molar-refractivity contribution in [1.29, 1.82) is 0 Å². The average Bonchev–Trinajstić information content (AvgIpc) is 3.18. The number of aliphatic hydroxyl groups is 2. The molecule has 6 rings (SSSR count). The number of aliphatic hydroxyl groups excluding tert-OH is 1. The van der Waals surface area contributed by atoms with Crippen LogP contribution in [0.1, 0.15) is 85.5 Å². The van der Waals surface area contributed by atoms with E-state index in [1.54, 1.807) is 0 Å². The molecule has 0 aromatic rings. The Kier molecular flexibility index (Phi) is 4.68. The molecule has 5 heteroatoms. The van der Waals surface area contributed by atoms with Crippen LogP contribution >= 0.6 is 0 Å². The van der Waals surface area contributed by atoms with Gasteiger partial charge in [-0.2, -0.15) is 0 Å². The molecule has 2 heterocycles. The number of fused-ring (bicyclic) bond motifs is 7. The van der Waals surface area contributed by atoms with Crippen molar-refractivity contribution < 1.29 is 24.5 Å². The van der Waals surface area contributed by atoms with Crippen molar-refractivity contribution in [3.05, 3.63) is 0 Å². The van der Waals surface area contributed by atoms with Crippen LogP contribution < -0.4 is 0 Å². The maximum absolute atomic E-state index is 13.4. The van der Waals surface area contributed by atoms with Crippen LogP contribution in [-0.4, -0.2) is 46.2 Å². The van der Waals surface area contributed by atoms with E-state index in [1.165, 1.54) is 6.42 Å². The Labute approximate surface area is 192 Å². The monoisotopic (exact) mass is 446 g/mol. The van der Waals surface area contributed by atoms with Crippen molar-refractivity contribution in [1.82, 2.24) is 0 Å². The average molecular weight is 447 g/mol. The van der Waals surface area contributed by atoms with Crippen LogP contribution in [0.5, 0.6) is 0 Å². The molecule has 5 nitrogen and oxygen atoms in total. The van der Waals surface area contributed by atoms with Gasteiger partial charge in [-0.3, -0.25) is 4.79 Å². The summed E-state index contributed by atoms with van der Waals surface area (Å²) in [6, 6.07) is 0. The van der Waals surface area contributed by atoms with Crippen LogP contribution in [0.4, 0.5) is 0 Å². The smallest absolute Gasteiger partial charge is 0.171 e. The van der Waals surface area contributed by atoms with E-state index < -0.39 is 22.9 Å². The van der Waals surface area contributed by atoms with Crippen molar-refractivity contribution in [3.8, 4) is 0 Å². The number of hydrogen-bond donors (Lipinski definition) is 2. The molecule has 4 aliphatic carbocycles. The van der Waals surface area contributed by atoms with Gasteiger partial charge in [0.15, 0.2) is 11.6 Å². The van der Waals surface area contributed by atoms with Crippen LogP contribution in [0.3, 0.4) is 0 Å². The first-order valence-corrected chi connectivity index (χ1v) is 13.3. The molecule has 0 amide bonds. The number of ether oxygens (including phenoxy) is 2. The highest BCUT2D eigenvalue weighted by molar-refractivity contribution is 5.89. The molecule has 2 saturated heterocycles. The maximum Gasteiger partial charge on any atom is 0.171 e. The summed E-state index contributed by atoms with van der Waals surface area (Å²) in [5.41, 5.74) is -1.60. The Bertz CT molecular complexity index is 804. The standard InChI is InChI=1S/C27H42O5/c1-15-5-10-27(31-14-15)16(2)23-21(32-27)12-20-18-11-22(29)26(30)13-17(28)6-9-25(26,4)19(18)7-8-24(20,23)3/h15-21,23,28,30H,5-14H2,1-4H3/t15-,16+,17-,18-,19+,20+,21+,23+,24+,25-,26-,27-/m1/s1. The normalized spacial score (nSPS) is 61.8. The van der Waals surface area contributed by atoms with Gasteiger partial charge in [0.2, 0.25) is 0 Å². The van der Waals surface area contributed by atoms with E-state index in [2.05, 4.69) is 27.7 Å². The highest BCUT2D eigenvalue weighted by Gasteiger charge is 2.72. The topological polar surface area (TPSA) is 76.0 Å². The van der Waals surface area contributed by atoms with Gasteiger partial charge >= 0.3 is 0 Å².